The van der Waals surface area contributed by atoms with E-state index in [4.69, 9.17) is 0 Å². The minimum Gasteiger partial charge on any atom is -0.371 e. The molecule has 1 unspecified atom stereocenters. The van der Waals surface area contributed by atoms with Gasteiger partial charge in [0.1, 0.15) is 5.82 Å². The number of anilines is 1. The Kier molecular flexibility index (Phi) is 4.59. The van der Waals surface area contributed by atoms with E-state index in [1.165, 1.54) is 12.0 Å². The molecule has 0 saturated carbocycles. The Morgan fingerprint density at radius 3 is 3.06 bits per heavy atom. The lowest BCUT2D eigenvalue weighted by Gasteiger charge is -2.24. The number of nitrogens with one attached hydrogen (secondary N) is 1. The first kappa shape index (κ1) is 13.3. The normalized spacial score (nSPS) is 15.8. The Labute approximate surface area is 109 Å². The Hall–Kier alpha value is -1.09. The Morgan fingerprint density at radius 2 is 2.28 bits per heavy atom. The highest BCUT2D eigenvalue weighted by molar-refractivity contribution is 5.58. The summed E-state index contributed by atoms with van der Waals surface area (Å²) in [5, 5.41) is 3.44. The zero-order valence-electron chi connectivity index (χ0n) is 11.4. The zero-order valence-corrected chi connectivity index (χ0v) is 11.4. The molecule has 0 spiro atoms. The van der Waals surface area contributed by atoms with E-state index in [9.17, 15) is 4.39 Å². The van der Waals surface area contributed by atoms with Gasteiger partial charge in [0.05, 0.1) is 0 Å². The van der Waals surface area contributed by atoms with Crippen molar-refractivity contribution in [1.29, 1.82) is 0 Å². The fourth-order valence-electron chi connectivity index (χ4n) is 2.57. The summed E-state index contributed by atoms with van der Waals surface area (Å²) in [5.74, 6) is 0.461. The molecule has 1 aromatic rings. The number of hydrogen-bond donors (Lipinski definition) is 1. The third kappa shape index (κ3) is 3.22. The minimum absolute atomic E-state index is 0.127. The molecule has 1 heterocycles. The van der Waals surface area contributed by atoms with Crippen molar-refractivity contribution in [2.75, 3.05) is 31.1 Å². The van der Waals surface area contributed by atoms with E-state index >= 15 is 0 Å². The van der Waals surface area contributed by atoms with Gasteiger partial charge in [0.25, 0.3) is 0 Å². The molecule has 1 aliphatic heterocycles. The van der Waals surface area contributed by atoms with Crippen LogP contribution in [0.15, 0.2) is 18.2 Å². The van der Waals surface area contributed by atoms with Crippen molar-refractivity contribution in [1.82, 2.24) is 5.32 Å². The highest BCUT2D eigenvalue weighted by Crippen LogP contribution is 2.29. The lowest BCUT2D eigenvalue weighted by Crippen LogP contribution is -2.32. The molecule has 0 fully saturated rings. The van der Waals surface area contributed by atoms with E-state index < -0.39 is 0 Å². The quantitative estimate of drug-likeness (QED) is 0.781. The summed E-state index contributed by atoms with van der Waals surface area (Å²) in [5.41, 5.74) is 2.38. The van der Waals surface area contributed by atoms with Gasteiger partial charge in [-0.15, -0.1) is 0 Å². The predicted octanol–water partition coefficient (Wildman–Crippen LogP) is 2.82. The second-order valence-electron chi connectivity index (χ2n) is 5.28. The molecule has 0 aliphatic carbocycles. The standard InChI is InChI=1S/C15H23FN2/c1-3-7-17-10-12(2)11-18-8-6-13-4-5-14(16)9-15(13)18/h4-5,9,12,17H,3,6-8,10-11H2,1-2H3. The summed E-state index contributed by atoms with van der Waals surface area (Å²) in [6.07, 6.45) is 2.22. The first-order chi connectivity index (χ1) is 8.70. The third-order valence-corrected chi connectivity index (χ3v) is 3.49. The van der Waals surface area contributed by atoms with Crippen LogP contribution in [0, 0.1) is 11.7 Å². The molecule has 1 N–H and O–H groups in total. The van der Waals surface area contributed by atoms with Crippen LogP contribution in [0.25, 0.3) is 0 Å². The van der Waals surface area contributed by atoms with Crippen molar-refractivity contribution < 1.29 is 4.39 Å². The number of hydrogen-bond acceptors (Lipinski definition) is 2. The van der Waals surface area contributed by atoms with Crippen LogP contribution in [0.3, 0.4) is 0 Å². The van der Waals surface area contributed by atoms with Crippen LogP contribution in [0.1, 0.15) is 25.8 Å². The summed E-state index contributed by atoms with van der Waals surface area (Å²) >= 11 is 0. The van der Waals surface area contributed by atoms with Crippen LogP contribution in [0.4, 0.5) is 10.1 Å². The van der Waals surface area contributed by atoms with E-state index in [-0.39, 0.29) is 5.82 Å². The molecule has 0 radical (unpaired) electrons. The van der Waals surface area contributed by atoms with Crippen LogP contribution >= 0.6 is 0 Å². The number of nitrogens with zero attached hydrogens (tertiary/aromatic N) is 1. The van der Waals surface area contributed by atoms with Gasteiger partial charge >= 0.3 is 0 Å². The summed E-state index contributed by atoms with van der Waals surface area (Å²) in [7, 11) is 0. The van der Waals surface area contributed by atoms with Gasteiger partial charge in [0, 0.05) is 18.8 Å². The fourth-order valence-corrected chi connectivity index (χ4v) is 2.57. The van der Waals surface area contributed by atoms with Crippen molar-refractivity contribution in [3.05, 3.63) is 29.6 Å². The van der Waals surface area contributed by atoms with Gasteiger partial charge in [-0.2, -0.15) is 0 Å². The Balaban J connectivity index is 1.90. The van der Waals surface area contributed by atoms with E-state index in [1.54, 1.807) is 12.1 Å². The summed E-state index contributed by atoms with van der Waals surface area (Å²) in [6, 6.07) is 5.16. The molecule has 100 valence electrons. The number of halogens is 1. The average Bonchev–Trinajstić information content (AvgIpc) is 2.72. The van der Waals surface area contributed by atoms with E-state index in [2.05, 4.69) is 24.1 Å². The van der Waals surface area contributed by atoms with Gasteiger partial charge < -0.3 is 10.2 Å². The number of rotatable bonds is 6. The molecule has 1 aliphatic rings. The molecule has 0 amide bonds. The molecule has 0 bridgehead atoms. The molecular weight excluding hydrogens is 227 g/mol. The molecule has 1 atom stereocenters. The largest absolute Gasteiger partial charge is 0.371 e. The SMILES string of the molecule is CCCNCC(C)CN1CCc2ccc(F)cc21. The van der Waals surface area contributed by atoms with E-state index in [0.717, 1.165) is 38.3 Å². The minimum atomic E-state index is -0.127. The van der Waals surface area contributed by atoms with E-state index in [0.29, 0.717) is 5.92 Å². The van der Waals surface area contributed by atoms with Crippen LogP contribution < -0.4 is 10.2 Å². The molecule has 2 rings (SSSR count). The first-order valence-electron chi connectivity index (χ1n) is 6.94. The maximum atomic E-state index is 13.3. The molecule has 3 heteroatoms. The predicted molar refractivity (Wildman–Crippen MR) is 74.6 cm³/mol. The summed E-state index contributed by atoms with van der Waals surface area (Å²) in [4.78, 5) is 2.32. The topological polar surface area (TPSA) is 15.3 Å². The summed E-state index contributed by atoms with van der Waals surface area (Å²) < 4.78 is 13.3. The third-order valence-electron chi connectivity index (χ3n) is 3.49. The molecule has 0 aromatic heterocycles. The average molecular weight is 250 g/mol. The van der Waals surface area contributed by atoms with Crippen LogP contribution in [0.2, 0.25) is 0 Å². The smallest absolute Gasteiger partial charge is 0.125 e. The molecule has 0 saturated heterocycles. The molecular formula is C15H23FN2. The van der Waals surface area contributed by atoms with E-state index in [1.807, 2.05) is 6.07 Å². The van der Waals surface area contributed by atoms with Gasteiger partial charge in [-0.1, -0.05) is 19.9 Å². The van der Waals surface area contributed by atoms with Crippen LogP contribution in [-0.4, -0.2) is 26.2 Å². The van der Waals surface area contributed by atoms with Crippen molar-refractivity contribution in [3.63, 3.8) is 0 Å². The van der Waals surface area contributed by atoms with Crippen LogP contribution in [0.5, 0.6) is 0 Å². The Bertz CT molecular complexity index is 392. The monoisotopic (exact) mass is 250 g/mol. The van der Waals surface area contributed by atoms with Gasteiger partial charge in [0.2, 0.25) is 0 Å². The lowest BCUT2D eigenvalue weighted by atomic mass is 10.1. The number of fused-ring (bicyclic) bond motifs is 1. The lowest BCUT2D eigenvalue weighted by molar-refractivity contribution is 0.507. The second kappa shape index (κ2) is 6.19. The van der Waals surface area contributed by atoms with Crippen LogP contribution in [-0.2, 0) is 6.42 Å². The van der Waals surface area contributed by atoms with Gasteiger partial charge in [-0.25, -0.2) is 4.39 Å². The van der Waals surface area contributed by atoms with Gasteiger partial charge in [0.15, 0.2) is 0 Å². The van der Waals surface area contributed by atoms with Crippen molar-refractivity contribution >= 4 is 5.69 Å². The van der Waals surface area contributed by atoms with Crippen molar-refractivity contribution in [3.8, 4) is 0 Å². The second-order valence-corrected chi connectivity index (χ2v) is 5.28. The number of benzene rings is 1. The molecule has 2 nitrogen and oxygen atoms in total. The molecule has 18 heavy (non-hydrogen) atoms. The van der Waals surface area contributed by atoms with Crippen molar-refractivity contribution in [2.45, 2.75) is 26.7 Å². The maximum Gasteiger partial charge on any atom is 0.125 e. The summed E-state index contributed by atoms with van der Waals surface area (Å²) in [6.45, 7) is 8.58. The van der Waals surface area contributed by atoms with Crippen molar-refractivity contribution in [2.24, 2.45) is 5.92 Å². The first-order valence-corrected chi connectivity index (χ1v) is 6.94. The van der Waals surface area contributed by atoms with Gasteiger partial charge in [-0.05, 0) is 49.5 Å². The highest BCUT2D eigenvalue weighted by Gasteiger charge is 2.20. The molecule has 1 aromatic carbocycles. The van der Waals surface area contributed by atoms with Gasteiger partial charge in [-0.3, -0.25) is 0 Å². The Morgan fingerprint density at radius 1 is 1.44 bits per heavy atom. The zero-order chi connectivity index (χ0) is 13.0. The maximum absolute atomic E-state index is 13.3. The fraction of sp³-hybridized carbons (Fsp3) is 0.600. The highest BCUT2D eigenvalue weighted by atomic mass is 19.1.